The monoisotopic (exact) mass is 535 g/mol. The van der Waals surface area contributed by atoms with Gasteiger partial charge in [0.25, 0.3) is 5.91 Å². The lowest BCUT2D eigenvalue weighted by Crippen LogP contribution is -2.15. The van der Waals surface area contributed by atoms with Crippen LogP contribution in [0.15, 0.2) is 59.5 Å². The summed E-state index contributed by atoms with van der Waals surface area (Å²) in [6.45, 7) is 0. The van der Waals surface area contributed by atoms with Crippen molar-refractivity contribution >= 4 is 48.1 Å². The Hall–Kier alpha value is -3.91. The Bertz CT molecular complexity index is 1760. The molecule has 0 aliphatic rings. The second-order valence-electron chi connectivity index (χ2n) is 7.71. The summed E-state index contributed by atoms with van der Waals surface area (Å²) in [5, 5.41) is 6.36. The van der Waals surface area contributed by atoms with Crippen LogP contribution < -0.4 is 5.32 Å². The topological polar surface area (TPSA) is 106 Å². The molecule has 3 heterocycles. The van der Waals surface area contributed by atoms with Crippen molar-refractivity contribution in [1.29, 1.82) is 0 Å². The summed E-state index contributed by atoms with van der Waals surface area (Å²) in [6, 6.07) is 10.9. The largest absolute Gasteiger partial charge is 0.433 e. The lowest BCUT2D eigenvalue weighted by Gasteiger charge is -2.11. The molecule has 1 amide bonds. The molecule has 0 unspecified atom stereocenters. The third-order valence-electron chi connectivity index (χ3n) is 5.10. The van der Waals surface area contributed by atoms with Gasteiger partial charge in [-0.25, -0.2) is 27.3 Å². The number of amides is 1. The van der Waals surface area contributed by atoms with Gasteiger partial charge in [0.1, 0.15) is 5.82 Å². The minimum Gasteiger partial charge on any atom is -0.296 e. The van der Waals surface area contributed by atoms with Gasteiger partial charge in [-0.1, -0.05) is 11.3 Å². The number of nitrogens with one attached hydrogen (secondary N) is 1. The first kappa shape index (κ1) is 23.8. The van der Waals surface area contributed by atoms with Crippen LogP contribution in [-0.4, -0.2) is 40.2 Å². The fourth-order valence-corrected chi connectivity index (χ4v) is 5.03. The van der Waals surface area contributed by atoms with Crippen molar-refractivity contribution in [2.75, 3.05) is 11.6 Å². The van der Waals surface area contributed by atoms with E-state index in [-0.39, 0.29) is 32.6 Å². The number of thiazole rings is 1. The normalized spacial score (nSPS) is 12.4. The second-order valence-corrected chi connectivity index (χ2v) is 10.8. The van der Waals surface area contributed by atoms with Crippen LogP contribution in [0.2, 0.25) is 0 Å². The average Bonchev–Trinajstić information content (AvgIpc) is 3.40. The highest BCUT2D eigenvalue weighted by molar-refractivity contribution is 7.90. The Kier molecular flexibility index (Phi) is 5.52. The number of benzene rings is 2. The first-order chi connectivity index (χ1) is 16.9. The van der Waals surface area contributed by atoms with Gasteiger partial charge in [0.2, 0.25) is 0 Å². The predicted molar refractivity (Wildman–Crippen MR) is 124 cm³/mol. The Labute approximate surface area is 204 Å². The zero-order valence-corrected chi connectivity index (χ0v) is 19.7. The Morgan fingerprint density at radius 1 is 1.03 bits per heavy atom. The molecule has 2 aromatic carbocycles. The van der Waals surface area contributed by atoms with E-state index in [1.807, 2.05) is 0 Å². The number of aromatic nitrogens is 4. The molecular formula is C22H13F4N5O3S2. The van der Waals surface area contributed by atoms with E-state index in [0.29, 0.717) is 14.7 Å². The van der Waals surface area contributed by atoms with E-state index >= 15 is 0 Å². The summed E-state index contributed by atoms with van der Waals surface area (Å²) in [7, 11) is -3.45. The highest BCUT2D eigenvalue weighted by atomic mass is 32.2. The maximum absolute atomic E-state index is 13.8. The molecule has 8 nitrogen and oxygen atoms in total. The molecule has 0 bridgehead atoms. The fraction of sp³-hybridized carbons (Fsp3) is 0.0909. The molecule has 0 aliphatic heterocycles. The number of halogens is 4. The molecule has 0 saturated carbocycles. The zero-order valence-electron chi connectivity index (χ0n) is 18.0. The molecular weight excluding hydrogens is 522 g/mol. The summed E-state index contributed by atoms with van der Waals surface area (Å²) in [5.41, 5.74) is -1.15. The van der Waals surface area contributed by atoms with Crippen LogP contribution in [0.5, 0.6) is 0 Å². The first-order valence-corrected chi connectivity index (χ1v) is 12.8. The number of hydrogen-bond acceptors (Lipinski definition) is 7. The lowest BCUT2D eigenvalue weighted by atomic mass is 10.1. The van der Waals surface area contributed by atoms with Gasteiger partial charge in [-0.05, 0) is 48.5 Å². The SMILES string of the molecule is CS(=O)(=O)c1ccc2nc(NC(=O)c3cc4nc(-c5ccc(F)cc5)cc(C(F)(F)F)n4n3)sc2c1. The molecule has 5 aromatic rings. The zero-order chi connectivity index (χ0) is 25.8. The maximum Gasteiger partial charge on any atom is 0.433 e. The highest BCUT2D eigenvalue weighted by Crippen LogP contribution is 2.33. The van der Waals surface area contributed by atoms with Crippen molar-refractivity contribution in [3.05, 3.63) is 71.8 Å². The van der Waals surface area contributed by atoms with Crippen LogP contribution in [0, 0.1) is 5.82 Å². The van der Waals surface area contributed by atoms with Gasteiger partial charge in [0, 0.05) is 17.9 Å². The molecule has 0 radical (unpaired) electrons. The average molecular weight is 536 g/mol. The maximum atomic E-state index is 13.8. The number of fused-ring (bicyclic) bond motifs is 2. The smallest absolute Gasteiger partial charge is 0.296 e. The third-order valence-corrected chi connectivity index (χ3v) is 7.14. The summed E-state index contributed by atoms with van der Waals surface area (Å²) >= 11 is 0.997. The molecule has 0 fully saturated rings. The number of sulfone groups is 1. The van der Waals surface area contributed by atoms with Crippen molar-refractivity contribution in [3.63, 3.8) is 0 Å². The minimum atomic E-state index is -4.82. The molecule has 0 saturated heterocycles. The summed E-state index contributed by atoms with van der Waals surface area (Å²) in [4.78, 5) is 21.2. The van der Waals surface area contributed by atoms with E-state index in [1.54, 1.807) is 0 Å². The van der Waals surface area contributed by atoms with Crippen LogP contribution in [0.25, 0.3) is 27.1 Å². The minimum absolute atomic E-state index is 0.0745. The van der Waals surface area contributed by atoms with Gasteiger partial charge in [0.05, 0.1) is 20.8 Å². The molecule has 0 atom stereocenters. The fourth-order valence-electron chi connectivity index (χ4n) is 3.41. The van der Waals surface area contributed by atoms with Crippen molar-refractivity contribution in [2.24, 2.45) is 0 Å². The molecule has 184 valence electrons. The molecule has 3 aromatic heterocycles. The molecule has 14 heteroatoms. The lowest BCUT2D eigenvalue weighted by molar-refractivity contribution is -0.142. The van der Waals surface area contributed by atoms with Crippen molar-refractivity contribution in [3.8, 4) is 11.3 Å². The Morgan fingerprint density at radius 3 is 2.42 bits per heavy atom. The van der Waals surface area contributed by atoms with Crippen molar-refractivity contribution in [2.45, 2.75) is 11.1 Å². The molecule has 5 rings (SSSR count). The van der Waals surface area contributed by atoms with E-state index in [1.165, 1.54) is 30.3 Å². The quantitative estimate of drug-likeness (QED) is 0.331. The van der Waals surface area contributed by atoms with Gasteiger partial charge in [-0.15, -0.1) is 0 Å². The van der Waals surface area contributed by atoms with Gasteiger partial charge in [-0.3, -0.25) is 10.1 Å². The van der Waals surface area contributed by atoms with E-state index in [9.17, 15) is 30.8 Å². The van der Waals surface area contributed by atoms with Crippen LogP contribution in [-0.2, 0) is 16.0 Å². The molecule has 1 N–H and O–H groups in total. The summed E-state index contributed by atoms with van der Waals surface area (Å²) in [6.07, 6.45) is -3.76. The van der Waals surface area contributed by atoms with Gasteiger partial charge < -0.3 is 0 Å². The van der Waals surface area contributed by atoms with E-state index < -0.39 is 33.4 Å². The number of anilines is 1. The summed E-state index contributed by atoms with van der Waals surface area (Å²) in [5.74, 6) is -1.39. The van der Waals surface area contributed by atoms with E-state index in [2.05, 4.69) is 20.4 Å². The van der Waals surface area contributed by atoms with Gasteiger partial charge in [0.15, 0.2) is 32.0 Å². The second kappa shape index (κ2) is 8.34. The van der Waals surface area contributed by atoms with Crippen molar-refractivity contribution < 1.29 is 30.8 Å². The van der Waals surface area contributed by atoms with E-state index in [0.717, 1.165) is 41.9 Å². The third kappa shape index (κ3) is 4.52. The molecule has 0 aliphatic carbocycles. The Morgan fingerprint density at radius 2 is 1.75 bits per heavy atom. The number of carbonyl (C=O) groups excluding carboxylic acids is 1. The van der Waals surface area contributed by atoms with Crippen LogP contribution >= 0.6 is 11.3 Å². The standard InChI is InChI=1S/C22H13F4N5O3S2/c1-36(33,34)13-6-7-14-17(8-13)35-21(28-14)29-20(32)16-10-19-27-15(11-2-4-12(23)5-3-11)9-18(22(24,25)26)31(19)30-16/h2-10H,1H3,(H,28,29,32). The van der Waals surface area contributed by atoms with Crippen LogP contribution in [0.1, 0.15) is 16.2 Å². The highest BCUT2D eigenvalue weighted by Gasteiger charge is 2.35. The van der Waals surface area contributed by atoms with Gasteiger partial charge in [-0.2, -0.15) is 18.3 Å². The Balaban J connectivity index is 1.51. The van der Waals surface area contributed by atoms with Crippen LogP contribution in [0.3, 0.4) is 0 Å². The summed E-state index contributed by atoms with van der Waals surface area (Å²) < 4.78 is 79.1. The first-order valence-electron chi connectivity index (χ1n) is 10.0. The van der Waals surface area contributed by atoms with Crippen LogP contribution in [0.4, 0.5) is 22.7 Å². The van der Waals surface area contributed by atoms with E-state index in [4.69, 9.17) is 0 Å². The van der Waals surface area contributed by atoms with Gasteiger partial charge >= 0.3 is 6.18 Å². The number of hydrogen-bond donors (Lipinski definition) is 1. The molecule has 36 heavy (non-hydrogen) atoms. The number of alkyl halides is 3. The number of rotatable bonds is 4. The number of nitrogens with zero attached hydrogens (tertiary/aromatic N) is 4. The van der Waals surface area contributed by atoms with Crippen molar-refractivity contribution in [1.82, 2.24) is 19.6 Å². The molecule has 0 spiro atoms. The predicted octanol–water partition coefficient (Wildman–Crippen LogP) is 4.82. The number of carbonyl (C=O) groups is 1.